The SMILES string of the molecule is COc1ccc(CNC(=O)c2c(C)nn(C)c2Cl)cc1OC. The zero-order chi connectivity index (χ0) is 16.3. The van der Waals surface area contributed by atoms with E-state index in [0.717, 1.165) is 5.56 Å². The zero-order valence-corrected chi connectivity index (χ0v) is 13.7. The number of aromatic nitrogens is 2. The molecule has 2 aromatic rings. The molecule has 0 aliphatic heterocycles. The van der Waals surface area contributed by atoms with Gasteiger partial charge in [0.15, 0.2) is 11.5 Å². The number of hydrogen-bond donors (Lipinski definition) is 1. The summed E-state index contributed by atoms with van der Waals surface area (Å²) in [4.78, 5) is 12.2. The van der Waals surface area contributed by atoms with Gasteiger partial charge in [-0.3, -0.25) is 9.48 Å². The lowest BCUT2D eigenvalue weighted by Gasteiger charge is -2.10. The monoisotopic (exact) mass is 323 g/mol. The van der Waals surface area contributed by atoms with Crippen molar-refractivity contribution < 1.29 is 14.3 Å². The van der Waals surface area contributed by atoms with Gasteiger partial charge in [-0.25, -0.2) is 0 Å². The Labute approximate surface area is 134 Å². The molecule has 0 fully saturated rings. The summed E-state index contributed by atoms with van der Waals surface area (Å²) in [7, 11) is 4.84. The van der Waals surface area contributed by atoms with Crippen molar-refractivity contribution in [2.45, 2.75) is 13.5 Å². The van der Waals surface area contributed by atoms with Crippen LogP contribution in [0.4, 0.5) is 0 Å². The molecule has 0 aliphatic rings. The van der Waals surface area contributed by atoms with E-state index in [9.17, 15) is 4.79 Å². The van der Waals surface area contributed by atoms with Crippen LogP contribution in [0, 0.1) is 6.92 Å². The summed E-state index contributed by atoms with van der Waals surface area (Å²) in [5.41, 5.74) is 1.88. The Bertz CT molecular complexity index is 698. The summed E-state index contributed by atoms with van der Waals surface area (Å²) in [5, 5.41) is 7.27. The van der Waals surface area contributed by atoms with E-state index in [2.05, 4.69) is 10.4 Å². The van der Waals surface area contributed by atoms with Gasteiger partial charge >= 0.3 is 0 Å². The van der Waals surface area contributed by atoms with E-state index in [4.69, 9.17) is 21.1 Å². The van der Waals surface area contributed by atoms with Gasteiger partial charge in [0.2, 0.25) is 0 Å². The maximum Gasteiger partial charge on any atom is 0.256 e. The van der Waals surface area contributed by atoms with E-state index in [1.54, 1.807) is 34.3 Å². The summed E-state index contributed by atoms with van der Waals surface area (Å²) in [6, 6.07) is 5.47. The molecule has 0 spiro atoms. The number of nitrogens with one attached hydrogen (secondary N) is 1. The number of halogens is 1. The largest absolute Gasteiger partial charge is 0.493 e. The van der Waals surface area contributed by atoms with Crippen LogP contribution in [0.3, 0.4) is 0 Å². The molecule has 6 nitrogen and oxygen atoms in total. The first-order chi connectivity index (χ1) is 10.5. The quantitative estimate of drug-likeness (QED) is 0.917. The van der Waals surface area contributed by atoms with Gasteiger partial charge in [0.1, 0.15) is 5.15 Å². The normalized spacial score (nSPS) is 10.4. The van der Waals surface area contributed by atoms with Crippen molar-refractivity contribution in [3.8, 4) is 11.5 Å². The third kappa shape index (κ3) is 3.17. The van der Waals surface area contributed by atoms with Crippen molar-refractivity contribution >= 4 is 17.5 Å². The second-order valence-corrected chi connectivity index (χ2v) is 5.10. The maximum atomic E-state index is 12.2. The number of carbonyl (C=O) groups is 1. The number of carbonyl (C=O) groups excluding carboxylic acids is 1. The van der Waals surface area contributed by atoms with Crippen LogP contribution in [0.1, 0.15) is 21.6 Å². The molecule has 2 rings (SSSR count). The molecule has 0 saturated carbocycles. The molecule has 0 aliphatic carbocycles. The van der Waals surface area contributed by atoms with Crippen LogP contribution < -0.4 is 14.8 Å². The van der Waals surface area contributed by atoms with Gasteiger partial charge in [-0.05, 0) is 24.6 Å². The fourth-order valence-corrected chi connectivity index (χ4v) is 2.41. The van der Waals surface area contributed by atoms with Gasteiger partial charge in [0.05, 0.1) is 25.5 Å². The van der Waals surface area contributed by atoms with Gasteiger partial charge in [0.25, 0.3) is 5.91 Å². The third-order valence-electron chi connectivity index (χ3n) is 3.28. The lowest BCUT2D eigenvalue weighted by molar-refractivity contribution is 0.0950. The van der Waals surface area contributed by atoms with Gasteiger partial charge < -0.3 is 14.8 Å². The van der Waals surface area contributed by atoms with Crippen LogP contribution in [0.2, 0.25) is 5.15 Å². The Morgan fingerprint density at radius 2 is 2.00 bits per heavy atom. The number of benzene rings is 1. The van der Waals surface area contributed by atoms with Crippen molar-refractivity contribution in [1.29, 1.82) is 0 Å². The van der Waals surface area contributed by atoms with Gasteiger partial charge in [-0.1, -0.05) is 17.7 Å². The summed E-state index contributed by atoms with van der Waals surface area (Å²) < 4.78 is 11.9. The molecule has 0 saturated heterocycles. The van der Waals surface area contributed by atoms with Crippen LogP contribution >= 0.6 is 11.6 Å². The molecule has 118 valence electrons. The Balaban J connectivity index is 2.11. The van der Waals surface area contributed by atoms with E-state index < -0.39 is 0 Å². The van der Waals surface area contributed by atoms with E-state index in [-0.39, 0.29) is 5.91 Å². The Hall–Kier alpha value is -2.21. The number of amides is 1. The average Bonchev–Trinajstić information content (AvgIpc) is 2.77. The molecule has 1 aromatic carbocycles. The molecule has 7 heteroatoms. The Morgan fingerprint density at radius 1 is 1.32 bits per heavy atom. The Morgan fingerprint density at radius 3 is 2.55 bits per heavy atom. The molecular weight excluding hydrogens is 306 g/mol. The van der Waals surface area contributed by atoms with E-state index in [0.29, 0.717) is 34.5 Å². The number of methoxy groups -OCH3 is 2. The molecule has 1 heterocycles. The lowest BCUT2D eigenvalue weighted by atomic mass is 10.2. The van der Waals surface area contributed by atoms with Crippen LogP contribution in [0.15, 0.2) is 18.2 Å². The van der Waals surface area contributed by atoms with Gasteiger partial charge in [-0.15, -0.1) is 0 Å². The van der Waals surface area contributed by atoms with Crippen molar-refractivity contribution in [3.63, 3.8) is 0 Å². The standard InChI is InChI=1S/C15H18ClN3O3/c1-9-13(14(16)19(2)18-9)15(20)17-8-10-5-6-11(21-3)12(7-10)22-4/h5-7H,8H2,1-4H3,(H,17,20). The topological polar surface area (TPSA) is 65.4 Å². The fourth-order valence-electron chi connectivity index (χ4n) is 2.15. The predicted molar refractivity (Wildman–Crippen MR) is 83.7 cm³/mol. The summed E-state index contributed by atoms with van der Waals surface area (Å²) in [6.07, 6.45) is 0. The summed E-state index contributed by atoms with van der Waals surface area (Å²) in [6.45, 7) is 2.10. The number of hydrogen-bond acceptors (Lipinski definition) is 4. The third-order valence-corrected chi connectivity index (χ3v) is 3.71. The summed E-state index contributed by atoms with van der Waals surface area (Å²) >= 11 is 6.08. The highest BCUT2D eigenvalue weighted by molar-refractivity contribution is 6.33. The number of rotatable bonds is 5. The molecular formula is C15H18ClN3O3. The van der Waals surface area contributed by atoms with E-state index >= 15 is 0 Å². The van der Waals surface area contributed by atoms with Crippen LogP contribution in [0.5, 0.6) is 11.5 Å². The maximum absolute atomic E-state index is 12.2. The molecule has 22 heavy (non-hydrogen) atoms. The first kappa shape index (κ1) is 16.2. The number of nitrogens with zero attached hydrogens (tertiary/aromatic N) is 2. The highest BCUT2D eigenvalue weighted by Crippen LogP contribution is 2.27. The van der Waals surface area contributed by atoms with Gasteiger partial charge in [-0.2, -0.15) is 5.10 Å². The lowest BCUT2D eigenvalue weighted by Crippen LogP contribution is -2.23. The average molecular weight is 324 g/mol. The zero-order valence-electron chi connectivity index (χ0n) is 12.9. The molecule has 0 bridgehead atoms. The van der Waals surface area contributed by atoms with E-state index in [1.165, 1.54) is 4.68 Å². The molecule has 0 unspecified atom stereocenters. The minimum absolute atomic E-state index is 0.259. The number of aryl methyl sites for hydroxylation is 2. The smallest absolute Gasteiger partial charge is 0.256 e. The second-order valence-electron chi connectivity index (χ2n) is 4.75. The minimum Gasteiger partial charge on any atom is -0.493 e. The highest BCUT2D eigenvalue weighted by Gasteiger charge is 2.18. The van der Waals surface area contributed by atoms with Gasteiger partial charge in [0, 0.05) is 13.6 Å². The van der Waals surface area contributed by atoms with Crippen molar-refractivity contribution in [2.75, 3.05) is 14.2 Å². The molecule has 0 atom stereocenters. The highest BCUT2D eigenvalue weighted by atomic mass is 35.5. The molecule has 0 radical (unpaired) electrons. The minimum atomic E-state index is -0.259. The van der Waals surface area contributed by atoms with Crippen LogP contribution in [-0.2, 0) is 13.6 Å². The predicted octanol–water partition coefficient (Wildman–Crippen LogP) is 2.33. The number of ether oxygens (including phenoxy) is 2. The van der Waals surface area contributed by atoms with Crippen LogP contribution in [0.25, 0.3) is 0 Å². The second kappa shape index (κ2) is 6.70. The Kier molecular flexibility index (Phi) is 4.92. The van der Waals surface area contributed by atoms with Crippen molar-refractivity contribution in [2.24, 2.45) is 7.05 Å². The van der Waals surface area contributed by atoms with Crippen molar-refractivity contribution in [1.82, 2.24) is 15.1 Å². The molecule has 1 N–H and O–H groups in total. The first-order valence-corrected chi connectivity index (χ1v) is 7.04. The van der Waals surface area contributed by atoms with Crippen LogP contribution in [-0.4, -0.2) is 29.9 Å². The fraction of sp³-hybridized carbons (Fsp3) is 0.333. The summed E-state index contributed by atoms with van der Waals surface area (Å²) in [5.74, 6) is 0.999. The first-order valence-electron chi connectivity index (χ1n) is 6.66. The molecule has 1 aromatic heterocycles. The molecule has 1 amide bonds. The van der Waals surface area contributed by atoms with Crippen molar-refractivity contribution in [3.05, 3.63) is 40.2 Å². The van der Waals surface area contributed by atoms with E-state index in [1.807, 2.05) is 12.1 Å².